The number of alkyl halides is 3. The molecule has 4 rings (SSSR count). The summed E-state index contributed by atoms with van der Waals surface area (Å²) < 4.78 is 41.7. The topological polar surface area (TPSA) is 55.2 Å². The van der Waals surface area contributed by atoms with E-state index in [0.29, 0.717) is 35.0 Å². The van der Waals surface area contributed by atoms with E-state index in [0.717, 1.165) is 0 Å². The molecule has 2 heterocycles. The van der Waals surface area contributed by atoms with Crippen LogP contribution in [0.5, 0.6) is 0 Å². The summed E-state index contributed by atoms with van der Waals surface area (Å²) >= 11 is 0. The van der Waals surface area contributed by atoms with Crippen LogP contribution in [0.1, 0.15) is 53.2 Å². The van der Waals surface area contributed by atoms with E-state index in [1.54, 1.807) is 48.5 Å². The molecule has 5 nitrogen and oxygen atoms in total. The van der Waals surface area contributed by atoms with Crippen molar-refractivity contribution in [2.45, 2.75) is 39.4 Å². The van der Waals surface area contributed by atoms with Gasteiger partial charge in [0.25, 0.3) is 11.8 Å². The molecule has 0 radical (unpaired) electrons. The molecule has 0 saturated heterocycles. The predicted octanol–water partition coefficient (Wildman–Crippen LogP) is 5.16. The number of hydrogen-bond acceptors (Lipinski definition) is 3. The summed E-state index contributed by atoms with van der Waals surface area (Å²) in [5.41, 5.74) is 1.13. The normalized spacial score (nSPS) is 14.5. The molecule has 0 unspecified atom stereocenters. The molecule has 0 N–H and O–H groups in total. The lowest BCUT2D eigenvalue weighted by Crippen LogP contribution is -2.33. The predicted molar refractivity (Wildman–Crippen MR) is 110 cm³/mol. The molecule has 1 aliphatic rings. The third-order valence-corrected chi connectivity index (χ3v) is 5.81. The van der Waals surface area contributed by atoms with Crippen LogP contribution >= 0.6 is 0 Å². The van der Waals surface area contributed by atoms with Crippen LogP contribution in [0.15, 0.2) is 48.5 Å². The molecule has 31 heavy (non-hydrogen) atoms. The number of carbonyl (C=O) groups excluding carboxylic acids is 2. The molecule has 0 spiro atoms. The van der Waals surface area contributed by atoms with Gasteiger partial charge in [0.05, 0.1) is 22.2 Å². The van der Waals surface area contributed by atoms with Gasteiger partial charge >= 0.3 is 6.18 Å². The van der Waals surface area contributed by atoms with Gasteiger partial charge in [0.1, 0.15) is 0 Å². The molecular weight excluding hydrogens is 407 g/mol. The van der Waals surface area contributed by atoms with Gasteiger partial charge in [-0.1, -0.05) is 38.1 Å². The van der Waals surface area contributed by atoms with E-state index >= 15 is 0 Å². The first-order valence-corrected chi connectivity index (χ1v) is 10.1. The monoisotopic (exact) mass is 429 g/mol. The minimum absolute atomic E-state index is 0.129. The Kier molecular flexibility index (Phi) is 5.11. The van der Waals surface area contributed by atoms with E-state index < -0.39 is 17.4 Å². The second-order valence-electron chi connectivity index (χ2n) is 8.55. The van der Waals surface area contributed by atoms with Crippen LogP contribution < -0.4 is 0 Å². The third-order valence-electron chi connectivity index (χ3n) is 5.81. The van der Waals surface area contributed by atoms with Gasteiger partial charge in [-0.2, -0.15) is 13.2 Å². The van der Waals surface area contributed by atoms with Crippen molar-refractivity contribution in [2.75, 3.05) is 6.54 Å². The molecule has 1 aromatic heterocycles. The van der Waals surface area contributed by atoms with Crippen LogP contribution in [0, 0.1) is 5.41 Å². The minimum atomic E-state index is -4.55. The fourth-order valence-electron chi connectivity index (χ4n) is 3.91. The molecule has 2 amide bonds. The smallest absolute Gasteiger partial charge is 0.320 e. The number of fused-ring (bicyclic) bond motifs is 2. The zero-order chi connectivity index (χ0) is 22.4. The fourth-order valence-corrected chi connectivity index (χ4v) is 3.91. The van der Waals surface area contributed by atoms with Crippen molar-refractivity contribution in [1.29, 1.82) is 0 Å². The van der Waals surface area contributed by atoms with Gasteiger partial charge in [0.15, 0.2) is 0 Å². The highest BCUT2D eigenvalue weighted by molar-refractivity contribution is 6.21. The van der Waals surface area contributed by atoms with Gasteiger partial charge in [-0.15, -0.1) is 0 Å². The maximum Gasteiger partial charge on any atom is 0.449 e. The van der Waals surface area contributed by atoms with Crippen molar-refractivity contribution in [3.05, 3.63) is 65.5 Å². The summed E-state index contributed by atoms with van der Waals surface area (Å²) in [5, 5.41) is 0. The third kappa shape index (κ3) is 3.94. The zero-order valence-electron chi connectivity index (χ0n) is 17.2. The van der Waals surface area contributed by atoms with E-state index in [2.05, 4.69) is 4.98 Å². The van der Waals surface area contributed by atoms with Crippen molar-refractivity contribution in [3.63, 3.8) is 0 Å². The number of aryl methyl sites for hydroxylation is 1. The van der Waals surface area contributed by atoms with Crippen molar-refractivity contribution in [1.82, 2.24) is 14.5 Å². The quantitative estimate of drug-likeness (QED) is 0.509. The van der Waals surface area contributed by atoms with Crippen molar-refractivity contribution in [2.24, 2.45) is 5.41 Å². The van der Waals surface area contributed by atoms with Crippen molar-refractivity contribution >= 4 is 22.8 Å². The second-order valence-corrected chi connectivity index (χ2v) is 8.55. The summed E-state index contributed by atoms with van der Waals surface area (Å²) in [6, 6.07) is 13.2. The lowest BCUT2D eigenvalue weighted by Gasteiger charge is -2.27. The Morgan fingerprint density at radius 1 is 0.839 bits per heavy atom. The number of carbonyl (C=O) groups is 2. The van der Waals surface area contributed by atoms with Gasteiger partial charge in [0, 0.05) is 13.1 Å². The Morgan fingerprint density at radius 2 is 1.39 bits per heavy atom. The maximum absolute atomic E-state index is 13.5. The summed E-state index contributed by atoms with van der Waals surface area (Å²) in [6.45, 7) is 4.20. The van der Waals surface area contributed by atoms with E-state index in [-0.39, 0.29) is 24.9 Å². The Hall–Kier alpha value is -3.16. The number of benzene rings is 2. The Morgan fingerprint density at radius 3 is 2.00 bits per heavy atom. The number of imide groups is 1. The highest BCUT2D eigenvalue weighted by Gasteiger charge is 2.38. The Bertz CT molecular complexity index is 1130. The van der Waals surface area contributed by atoms with Crippen molar-refractivity contribution < 1.29 is 22.8 Å². The fraction of sp³-hybridized carbons (Fsp3) is 0.348. The van der Waals surface area contributed by atoms with E-state index in [9.17, 15) is 22.8 Å². The minimum Gasteiger partial charge on any atom is -0.320 e. The van der Waals surface area contributed by atoms with E-state index in [4.69, 9.17) is 0 Å². The molecule has 2 aromatic carbocycles. The molecule has 8 heteroatoms. The lowest BCUT2D eigenvalue weighted by atomic mass is 9.85. The SMILES string of the molecule is CC(C)(CCN1C(=O)c2ccccc2C1=O)CCn1c(C(F)(F)F)nc2ccccc21. The van der Waals surface area contributed by atoms with Gasteiger partial charge in [-0.25, -0.2) is 4.98 Å². The Balaban J connectivity index is 1.47. The number of rotatable bonds is 6. The lowest BCUT2D eigenvalue weighted by molar-refractivity contribution is -0.147. The molecule has 0 bridgehead atoms. The highest BCUT2D eigenvalue weighted by Crippen LogP contribution is 2.34. The summed E-state index contributed by atoms with van der Waals surface area (Å²) in [4.78, 5) is 30.1. The van der Waals surface area contributed by atoms with Gasteiger partial charge < -0.3 is 4.57 Å². The van der Waals surface area contributed by atoms with Crippen LogP contribution in [-0.2, 0) is 12.7 Å². The zero-order valence-corrected chi connectivity index (χ0v) is 17.2. The second kappa shape index (κ2) is 7.51. The molecule has 0 atom stereocenters. The Labute approximate surface area is 177 Å². The van der Waals surface area contributed by atoms with E-state index in [1.165, 1.54) is 9.47 Å². The molecule has 1 aliphatic heterocycles. The van der Waals surface area contributed by atoms with Crippen LogP contribution in [0.2, 0.25) is 0 Å². The molecular formula is C23H22F3N3O2. The highest BCUT2D eigenvalue weighted by atomic mass is 19.4. The molecule has 162 valence electrons. The number of halogens is 3. The number of hydrogen-bond donors (Lipinski definition) is 0. The van der Waals surface area contributed by atoms with E-state index in [1.807, 2.05) is 13.8 Å². The van der Waals surface area contributed by atoms with Crippen molar-refractivity contribution in [3.8, 4) is 0 Å². The molecule has 3 aromatic rings. The van der Waals surface area contributed by atoms with Crippen LogP contribution in [0.3, 0.4) is 0 Å². The maximum atomic E-state index is 13.5. The van der Waals surface area contributed by atoms with Crippen LogP contribution in [0.25, 0.3) is 11.0 Å². The molecule has 0 saturated carbocycles. The summed E-state index contributed by atoms with van der Waals surface area (Å²) in [7, 11) is 0. The average Bonchev–Trinajstić information content (AvgIpc) is 3.21. The number of amides is 2. The van der Waals surface area contributed by atoms with Gasteiger partial charge in [-0.05, 0) is 42.5 Å². The molecule has 0 aliphatic carbocycles. The van der Waals surface area contributed by atoms with Crippen LogP contribution in [-0.4, -0.2) is 32.8 Å². The van der Waals surface area contributed by atoms with Crippen LogP contribution in [0.4, 0.5) is 13.2 Å². The standard InChI is InChI=1S/C23H22F3N3O2/c1-22(2,12-14-29-19(30)15-7-3-4-8-16(15)20(29)31)11-13-28-18-10-6-5-9-17(18)27-21(28)23(24,25)26/h3-10H,11-14H2,1-2H3. The molecule has 0 fully saturated rings. The summed E-state index contributed by atoms with van der Waals surface area (Å²) in [5.74, 6) is -1.56. The summed E-state index contributed by atoms with van der Waals surface area (Å²) in [6.07, 6.45) is -3.64. The number of nitrogens with zero attached hydrogens (tertiary/aromatic N) is 3. The average molecular weight is 429 g/mol. The number of imidazole rings is 1. The first-order valence-electron chi connectivity index (χ1n) is 10.1. The van der Waals surface area contributed by atoms with Gasteiger partial charge in [-0.3, -0.25) is 14.5 Å². The van der Waals surface area contributed by atoms with Gasteiger partial charge in [0.2, 0.25) is 5.82 Å². The largest absolute Gasteiger partial charge is 0.449 e. The number of aromatic nitrogens is 2. The first-order chi connectivity index (χ1) is 14.6. The first kappa shape index (κ1) is 21.1. The number of para-hydroxylation sites is 2.